The van der Waals surface area contributed by atoms with Crippen molar-refractivity contribution in [1.29, 1.82) is 0 Å². The molecule has 1 N–H and O–H groups in total. The Hall–Kier alpha value is -2.96. The van der Waals surface area contributed by atoms with Gasteiger partial charge in [-0.25, -0.2) is 4.98 Å². The standard InChI is InChI=1S/C19H25N3O4/c1-6-22(7-2)19(23)13-8-9-20-17(10-13)21-14-11-15(24-3)18(26-5)16(12-14)25-4/h8-12H,6-7H2,1-5H3,(H,20,21). The first-order chi connectivity index (χ1) is 12.6. The fourth-order valence-electron chi connectivity index (χ4n) is 2.63. The van der Waals surface area contributed by atoms with E-state index in [1.807, 2.05) is 13.8 Å². The van der Waals surface area contributed by atoms with Crippen LogP contribution in [0.4, 0.5) is 11.5 Å². The zero-order valence-electron chi connectivity index (χ0n) is 15.8. The van der Waals surface area contributed by atoms with Crippen LogP contribution in [0, 0.1) is 0 Å². The molecule has 1 aromatic heterocycles. The summed E-state index contributed by atoms with van der Waals surface area (Å²) in [5.41, 5.74) is 1.29. The molecule has 1 heterocycles. The topological polar surface area (TPSA) is 72.9 Å². The Morgan fingerprint density at radius 3 is 2.15 bits per heavy atom. The summed E-state index contributed by atoms with van der Waals surface area (Å²) in [6.45, 7) is 5.23. The molecule has 7 heteroatoms. The average Bonchev–Trinajstić information content (AvgIpc) is 2.68. The van der Waals surface area contributed by atoms with Crippen LogP contribution in [0.5, 0.6) is 17.2 Å². The molecule has 2 rings (SSSR count). The predicted octanol–water partition coefficient (Wildman–Crippen LogP) is 3.33. The molecule has 26 heavy (non-hydrogen) atoms. The van der Waals surface area contributed by atoms with Crippen LogP contribution in [-0.2, 0) is 0 Å². The number of pyridine rings is 1. The van der Waals surface area contributed by atoms with Crippen molar-refractivity contribution in [3.63, 3.8) is 0 Å². The zero-order chi connectivity index (χ0) is 19.1. The molecule has 7 nitrogen and oxygen atoms in total. The van der Waals surface area contributed by atoms with Crippen LogP contribution in [0.3, 0.4) is 0 Å². The number of amides is 1. The Balaban J connectivity index is 2.32. The monoisotopic (exact) mass is 359 g/mol. The van der Waals surface area contributed by atoms with Crippen LogP contribution in [0.1, 0.15) is 24.2 Å². The zero-order valence-corrected chi connectivity index (χ0v) is 15.8. The molecule has 0 unspecified atom stereocenters. The number of benzene rings is 1. The van der Waals surface area contributed by atoms with Gasteiger partial charge in [-0.2, -0.15) is 0 Å². The lowest BCUT2D eigenvalue weighted by atomic mass is 10.2. The largest absolute Gasteiger partial charge is 0.493 e. The SMILES string of the molecule is CCN(CC)C(=O)c1ccnc(Nc2cc(OC)c(OC)c(OC)c2)c1. The maximum absolute atomic E-state index is 12.5. The summed E-state index contributed by atoms with van der Waals surface area (Å²) in [7, 11) is 4.67. The number of rotatable bonds is 8. The smallest absolute Gasteiger partial charge is 0.254 e. The molecule has 0 saturated carbocycles. The molecule has 1 aromatic carbocycles. The summed E-state index contributed by atoms with van der Waals surface area (Å²) in [6.07, 6.45) is 1.61. The minimum absolute atomic E-state index is 0.0228. The van der Waals surface area contributed by atoms with Gasteiger partial charge < -0.3 is 24.4 Å². The Morgan fingerprint density at radius 2 is 1.65 bits per heavy atom. The highest BCUT2D eigenvalue weighted by Crippen LogP contribution is 2.40. The first-order valence-electron chi connectivity index (χ1n) is 8.40. The fourth-order valence-corrected chi connectivity index (χ4v) is 2.63. The van der Waals surface area contributed by atoms with Crippen LogP contribution in [0.2, 0.25) is 0 Å². The second-order valence-electron chi connectivity index (χ2n) is 5.45. The Bertz CT molecular complexity index is 735. The van der Waals surface area contributed by atoms with Gasteiger partial charge in [-0.1, -0.05) is 0 Å². The van der Waals surface area contributed by atoms with Crippen molar-refractivity contribution in [2.45, 2.75) is 13.8 Å². The number of ether oxygens (including phenoxy) is 3. The van der Waals surface area contributed by atoms with E-state index in [-0.39, 0.29) is 5.91 Å². The van der Waals surface area contributed by atoms with Gasteiger partial charge >= 0.3 is 0 Å². The lowest BCUT2D eigenvalue weighted by Crippen LogP contribution is -2.30. The van der Waals surface area contributed by atoms with Crippen molar-refractivity contribution in [2.75, 3.05) is 39.7 Å². The van der Waals surface area contributed by atoms with Gasteiger partial charge in [0.05, 0.1) is 21.3 Å². The van der Waals surface area contributed by atoms with Crippen molar-refractivity contribution in [3.8, 4) is 17.2 Å². The number of carbonyl (C=O) groups excluding carboxylic acids is 1. The van der Waals surface area contributed by atoms with Gasteiger partial charge in [-0.3, -0.25) is 4.79 Å². The number of nitrogens with zero attached hydrogens (tertiary/aromatic N) is 2. The van der Waals surface area contributed by atoms with Gasteiger partial charge in [-0.05, 0) is 26.0 Å². The molecule has 1 amide bonds. The van der Waals surface area contributed by atoms with Crippen molar-refractivity contribution in [3.05, 3.63) is 36.0 Å². The van der Waals surface area contributed by atoms with E-state index in [0.717, 1.165) is 0 Å². The molecular formula is C19H25N3O4. The van der Waals surface area contributed by atoms with Gasteiger partial charge in [0.1, 0.15) is 5.82 Å². The van der Waals surface area contributed by atoms with Crippen molar-refractivity contribution >= 4 is 17.4 Å². The molecule has 0 spiro atoms. The number of hydrogen-bond donors (Lipinski definition) is 1. The lowest BCUT2D eigenvalue weighted by Gasteiger charge is -2.19. The van der Waals surface area contributed by atoms with Gasteiger partial charge in [0.25, 0.3) is 5.91 Å². The molecule has 0 aliphatic carbocycles. The summed E-state index contributed by atoms with van der Waals surface area (Å²) in [6, 6.07) is 6.99. The summed E-state index contributed by atoms with van der Waals surface area (Å²) in [4.78, 5) is 18.6. The maximum atomic E-state index is 12.5. The third-order valence-electron chi connectivity index (χ3n) is 3.99. The number of aromatic nitrogens is 1. The first-order valence-corrected chi connectivity index (χ1v) is 8.40. The quantitative estimate of drug-likeness (QED) is 0.779. The van der Waals surface area contributed by atoms with Crippen molar-refractivity contribution < 1.29 is 19.0 Å². The Labute approximate surface area is 153 Å². The van der Waals surface area contributed by atoms with Crippen LogP contribution in [0.25, 0.3) is 0 Å². The highest BCUT2D eigenvalue weighted by Gasteiger charge is 2.15. The molecule has 0 fully saturated rings. The van der Waals surface area contributed by atoms with E-state index in [9.17, 15) is 4.79 Å². The maximum Gasteiger partial charge on any atom is 0.254 e. The first kappa shape index (κ1) is 19.4. The summed E-state index contributed by atoms with van der Waals surface area (Å²) in [5, 5.41) is 3.18. The third kappa shape index (κ3) is 4.17. The summed E-state index contributed by atoms with van der Waals surface area (Å²) in [5.74, 6) is 2.11. The minimum atomic E-state index is -0.0228. The van der Waals surface area contributed by atoms with Gasteiger partial charge in [0, 0.05) is 42.7 Å². The molecule has 0 atom stereocenters. The van der Waals surface area contributed by atoms with Crippen LogP contribution in [0.15, 0.2) is 30.5 Å². The van der Waals surface area contributed by atoms with Crippen molar-refractivity contribution in [1.82, 2.24) is 9.88 Å². The van der Waals surface area contributed by atoms with Gasteiger partial charge in [0.2, 0.25) is 5.75 Å². The molecule has 0 bridgehead atoms. The molecule has 2 aromatic rings. The molecule has 0 radical (unpaired) electrons. The highest BCUT2D eigenvalue weighted by atomic mass is 16.5. The summed E-state index contributed by atoms with van der Waals surface area (Å²) >= 11 is 0. The molecule has 140 valence electrons. The molecule has 0 saturated heterocycles. The molecule has 0 aliphatic heterocycles. The van der Waals surface area contributed by atoms with E-state index >= 15 is 0 Å². The van der Waals surface area contributed by atoms with Crippen LogP contribution < -0.4 is 19.5 Å². The van der Waals surface area contributed by atoms with E-state index in [0.29, 0.717) is 47.4 Å². The normalized spacial score (nSPS) is 10.2. The van der Waals surface area contributed by atoms with Gasteiger partial charge in [0.15, 0.2) is 11.5 Å². The average molecular weight is 359 g/mol. The van der Waals surface area contributed by atoms with E-state index in [1.165, 1.54) is 0 Å². The van der Waals surface area contributed by atoms with E-state index in [2.05, 4.69) is 10.3 Å². The van der Waals surface area contributed by atoms with Crippen LogP contribution >= 0.6 is 0 Å². The van der Waals surface area contributed by atoms with Crippen LogP contribution in [-0.4, -0.2) is 50.2 Å². The second-order valence-corrected chi connectivity index (χ2v) is 5.45. The van der Waals surface area contributed by atoms with Crippen molar-refractivity contribution in [2.24, 2.45) is 0 Å². The van der Waals surface area contributed by atoms with Gasteiger partial charge in [-0.15, -0.1) is 0 Å². The molecular weight excluding hydrogens is 334 g/mol. The lowest BCUT2D eigenvalue weighted by molar-refractivity contribution is 0.0773. The third-order valence-corrected chi connectivity index (χ3v) is 3.99. The van der Waals surface area contributed by atoms with E-state index in [4.69, 9.17) is 14.2 Å². The van der Waals surface area contributed by atoms with E-state index in [1.54, 1.807) is 56.7 Å². The number of anilines is 2. The van der Waals surface area contributed by atoms with E-state index < -0.39 is 0 Å². The Morgan fingerprint density at radius 1 is 1.04 bits per heavy atom. The second kappa shape index (κ2) is 8.94. The predicted molar refractivity (Wildman–Crippen MR) is 101 cm³/mol. The summed E-state index contributed by atoms with van der Waals surface area (Å²) < 4.78 is 16.0. The molecule has 0 aliphatic rings. The highest BCUT2D eigenvalue weighted by molar-refractivity contribution is 5.95. The fraction of sp³-hybridized carbons (Fsp3) is 0.368. The Kier molecular flexibility index (Phi) is 6.66. The number of methoxy groups -OCH3 is 3. The number of nitrogens with one attached hydrogen (secondary N) is 1. The number of carbonyl (C=O) groups is 1. The minimum Gasteiger partial charge on any atom is -0.493 e. The number of hydrogen-bond acceptors (Lipinski definition) is 6.